The molecule has 0 bridgehead atoms. The van der Waals surface area contributed by atoms with Crippen molar-refractivity contribution in [2.75, 3.05) is 6.54 Å². The van der Waals surface area contributed by atoms with E-state index in [2.05, 4.69) is 15.4 Å². The lowest BCUT2D eigenvalue weighted by atomic mass is 10.2. The molecular weight excluding hydrogens is 311 g/mol. The van der Waals surface area contributed by atoms with Gasteiger partial charge in [-0.25, -0.2) is 9.67 Å². The highest BCUT2D eigenvalue weighted by Crippen LogP contribution is 2.33. The van der Waals surface area contributed by atoms with Gasteiger partial charge in [-0.15, -0.1) is 0 Å². The highest BCUT2D eigenvalue weighted by molar-refractivity contribution is 6.35. The summed E-state index contributed by atoms with van der Waals surface area (Å²) < 4.78 is 7.64. The maximum atomic E-state index is 6.25. The van der Waals surface area contributed by atoms with Gasteiger partial charge in [0.05, 0.1) is 5.02 Å². The van der Waals surface area contributed by atoms with Crippen LogP contribution < -0.4 is 10.1 Å². The van der Waals surface area contributed by atoms with Crippen molar-refractivity contribution in [3.05, 3.63) is 39.9 Å². The Balaban J connectivity index is 2.18. The van der Waals surface area contributed by atoms with Crippen LogP contribution in [-0.4, -0.2) is 21.3 Å². The molecular formula is C14H18Cl2N4O. The maximum absolute atomic E-state index is 6.25. The third kappa shape index (κ3) is 4.09. The lowest BCUT2D eigenvalue weighted by Gasteiger charge is -2.14. The number of ether oxygens (including phenoxy) is 1. The second kappa shape index (κ2) is 7.64. The minimum absolute atomic E-state index is 0.314. The van der Waals surface area contributed by atoms with Gasteiger partial charge in [0.2, 0.25) is 0 Å². The predicted molar refractivity (Wildman–Crippen MR) is 83.9 cm³/mol. The van der Waals surface area contributed by atoms with E-state index < -0.39 is 0 Å². The van der Waals surface area contributed by atoms with Gasteiger partial charge in [-0.2, -0.15) is 5.10 Å². The number of nitrogens with one attached hydrogen (secondary N) is 1. The van der Waals surface area contributed by atoms with E-state index in [1.807, 2.05) is 19.9 Å². The first kappa shape index (κ1) is 16.1. The van der Waals surface area contributed by atoms with Gasteiger partial charge in [-0.3, -0.25) is 0 Å². The molecule has 0 fully saturated rings. The van der Waals surface area contributed by atoms with Crippen molar-refractivity contribution >= 4 is 23.2 Å². The van der Waals surface area contributed by atoms with Crippen molar-refractivity contribution in [2.24, 2.45) is 0 Å². The number of benzene rings is 1. The van der Waals surface area contributed by atoms with E-state index in [-0.39, 0.29) is 0 Å². The van der Waals surface area contributed by atoms with Crippen molar-refractivity contribution in [3.63, 3.8) is 0 Å². The highest BCUT2D eigenvalue weighted by atomic mass is 35.5. The number of nitrogens with zero attached hydrogens (tertiary/aromatic N) is 3. The van der Waals surface area contributed by atoms with Gasteiger partial charge < -0.3 is 10.1 Å². The van der Waals surface area contributed by atoms with E-state index in [1.54, 1.807) is 10.7 Å². The Morgan fingerprint density at radius 1 is 1.29 bits per heavy atom. The van der Waals surface area contributed by atoms with Crippen LogP contribution in [-0.2, 0) is 19.7 Å². The summed E-state index contributed by atoms with van der Waals surface area (Å²) in [6.45, 7) is 6.60. The van der Waals surface area contributed by atoms with Gasteiger partial charge in [-0.05, 0) is 25.6 Å². The lowest BCUT2D eigenvalue weighted by molar-refractivity contribution is 0.284. The molecule has 2 aromatic rings. The summed E-state index contributed by atoms with van der Waals surface area (Å²) in [5.41, 5.74) is 0.928. The standard InChI is InChI=1S/C14H18Cl2N4O/c1-3-17-7-10-5-11(15)6-12(16)14(10)21-8-13-18-9-19-20(13)4-2/h5-6,9,17H,3-4,7-8H2,1-2H3. The second-order valence-corrected chi connectivity index (χ2v) is 5.28. The average molecular weight is 329 g/mol. The van der Waals surface area contributed by atoms with E-state index in [1.165, 1.54) is 6.33 Å². The van der Waals surface area contributed by atoms with E-state index in [4.69, 9.17) is 27.9 Å². The zero-order chi connectivity index (χ0) is 15.2. The van der Waals surface area contributed by atoms with Crippen LogP contribution in [0.25, 0.3) is 0 Å². The van der Waals surface area contributed by atoms with Crippen molar-refractivity contribution < 1.29 is 4.74 Å². The van der Waals surface area contributed by atoms with Crippen LogP contribution in [0.2, 0.25) is 10.0 Å². The molecule has 1 heterocycles. The van der Waals surface area contributed by atoms with E-state index >= 15 is 0 Å². The first-order chi connectivity index (χ1) is 10.2. The van der Waals surface area contributed by atoms with Crippen LogP contribution in [0.4, 0.5) is 0 Å². The third-order valence-corrected chi connectivity index (χ3v) is 3.49. The molecule has 114 valence electrons. The summed E-state index contributed by atoms with van der Waals surface area (Å²) in [7, 11) is 0. The predicted octanol–water partition coefficient (Wildman–Crippen LogP) is 3.29. The monoisotopic (exact) mass is 328 g/mol. The van der Waals surface area contributed by atoms with Gasteiger partial charge in [0, 0.05) is 23.7 Å². The lowest BCUT2D eigenvalue weighted by Crippen LogP contribution is -2.14. The number of rotatable bonds is 7. The van der Waals surface area contributed by atoms with Gasteiger partial charge >= 0.3 is 0 Å². The molecule has 1 aromatic heterocycles. The number of hydrogen-bond acceptors (Lipinski definition) is 4. The zero-order valence-corrected chi connectivity index (χ0v) is 13.6. The van der Waals surface area contributed by atoms with Crippen LogP contribution >= 0.6 is 23.2 Å². The SMILES string of the molecule is CCNCc1cc(Cl)cc(Cl)c1OCc1ncnn1CC. The van der Waals surface area contributed by atoms with E-state index in [0.717, 1.165) is 24.5 Å². The Hall–Kier alpha value is -1.30. The number of aromatic nitrogens is 3. The smallest absolute Gasteiger partial charge is 0.164 e. The Morgan fingerprint density at radius 3 is 2.81 bits per heavy atom. The van der Waals surface area contributed by atoms with Crippen LogP contribution in [0.1, 0.15) is 25.2 Å². The minimum atomic E-state index is 0.314. The molecule has 21 heavy (non-hydrogen) atoms. The molecule has 1 N–H and O–H groups in total. The topological polar surface area (TPSA) is 52.0 Å². The Bertz CT molecular complexity index is 601. The summed E-state index contributed by atoms with van der Waals surface area (Å²) in [5.74, 6) is 1.39. The first-order valence-corrected chi connectivity index (χ1v) is 7.59. The summed E-state index contributed by atoms with van der Waals surface area (Å²) in [5, 5.41) is 8.45. The van der Waals surface area contributed by atoms with Gasteiger partial charge in [0.1, 0.15) is 18.7 Å². The molecule has 0 radical (unpaired) electrons. The molecule has 0 aliphatic heterocycles. The molecule has 7 heteroatoms. The molecule has 0 aliphatic carbocycles. The summed E-state index contributed by atoms with van der Waals surface area (Å²) in [6.07, 6.45) is 1.52. The molecule has 1 aromatic carbocycles. The quantitative estimate of drug-likeness (QED) is 0.847. The fourth-order valence-electron chi connectivity index (χ4n) is 1.97. The molecule has 0 saturated carbocycles. The second-order valence-electron chi connectivity index (χ2n) is 4.44. The van der Waals surface area contributed by atoms with Crippen molar-refractivity contribution in [1.29, 1.82) is 0 Å². The fraction of sp³-hybridized carbons (Fsp3) is 0.429. The number of halogens is 2. The normalized spacial score (nSPS) is 10.9. The minimum Gasteiger partial charge on any atom is -0.484 e. The Morgan fingerprint density at radius 2 is 2.10 bits per heavy atom. The fourth-order valence-corrected chi connectivity index (χ4v) is 2.56. The summed E-state index contributed by atoms with van der Waals surface area (Å²) >= 11 is 12.3. The Kier molecular flexibility index (Phi) is 5.85. The number of aryl methyl sites for hydroxylation is 1. The highest BCUT2D eigenvalue weighted by Gasteiger charge is 2.12. The molecule has 0 atom stereocenters. The van der Waals surface area contributed by atoms with E-state index in [9.17, 15) is 0 Å². The molecule has 0 spiro atoms. The van der Waals surface area contributed by atoms with Crippen molar-refractivity contribution in [1.82, 2.24) is 20.1 Å². The van der Waals surface area contributed by atoms with Gasteiger partial charge in [0.25, 0.3) is 0 Å². The molecule has 0 amide bonds. The maximum Gasteiger partial charge on any atom is 0.164 e. The molecule has 0 aliphatic rings. The molecule has 2 rings (SSSR count). The van der Waals surface area contributed by atoms with Crippen molar-refractivity contribution in [3.8, 4) is 5.75 Å². The van der Waals surface area contributed by atoms with Crippen LogP contribution in [0.5, 0.6) is 5.75 Å². The van der Waals surface area contributed by atoms with Crippen LogP contribution in [0, 0.1) is 0 Å². The van der Waals surface area contributed by atoms with E-state index in [0.29, 0.717) is 28.9 Å². The average Bonchev–Trinajstić information content (AvgIpc) is 2.91. The van der Waals surface area contributed by atoms with Gasteiger partial charge in [0.15, 0.2) is 5.82 Å². The largest absolute Gasteiger partial charge is 0.484 e. The molecule has 0 saturated heterocycles. The third-order valence-electron chi connectivity index (χ3n) is 2.99. The first-order valence-electron chi connectivity index (χ1n) is 6.83. The van der Waals surface area contributed by atoms with Crippen molar-refractivity contribution in [2.45, 2.75) is 33.5 Å². The van der Waals surface area contributed by atoms with Gasteiger partial charge in [-0.1, -0.05) is 30.1 Å². The molecule has 5 nitrogen and oxygen atoms in total. The van der Waals surface area contributed by atoms with Crippen LogP contribution in [0.15, 0.2) is 18.5 Å². The summed E-state index contributed by atoms with van der Waals surface area (Å²) in [6, 6.07) is 3.54. The Labute approximate surface area is 134 Å². The number of hydrogen-bond donors (Lipinski definition) is 1. The molecule has 0 unspecified atom stereocenters. The van der Waals surface area contributed by atoms with Crippen LogP contribution in [0.3, 0.4) is 0 Å². The zero-order valence-electron chi connectivity index (χ0n) is 12.1. The summed E-state index contributed by atoms with van der Waals surface area (Å²) in [4.78, 5) is 4.18.